The minimum absolute atomic E-state index is 0.0142. The van der Waals surface area contributed by atoms with Crippen LogP contribution in [-0.4, -0.2) is 74.5 Å². The number of nitrogens with two attached hydrogens (primary N) is 1. The van der Waals surface area contributed by atoms with E-state index in [0.29, 0.717) is 0 Å². The van der Waals surface area contributed by atoms with Crippen LogP contribution in [-0.2, 0) is 32.6 Å². The Morgan fingerprint density at radius 1 is 1.39 bits per heavy atom. The average Bonchev–Trinajstić information content (AvgIpc) is 3.26. The van der Waals surface area contributed by atoms with Crippen LogP contribution in [0.4, 0.5) is 10.2 Å². The van der Waals surface area contributed by atoms with Crippen LogP contribution in [0.25, 0.3) is 11.2 Å². The van der Waals surface area contributed by atoms with Gasteiger partial charge in [0.05, 0.1) is 19.0 Å². The first-order valence-corrected chi connectivity index (χ1v) is 11.6. The lowest BCUT2D eigenvalue weighted by Gasteiger charge is -2.29. The number of esters is 1. The van der Waals surface area contributed by atoms with Crippen molar-refractivity contribution in [3.63, 3.8) is 0 Å². The lowest BCUT2D eigenvalue weighted by atomic mass is 10.1. The monoisotopic (exact) mass is 490 g/mol. The summed E-state index contributed by atoms with van der Waals surface area (Å²) in [6.07, 6.45) is -4.32. The van der Waals surface area contributed by atoms with Gasteiger partial charge in [-0.2, -0.15) is 14.4 Å². The number of nitrogen functional groups attached to an aromatic ring is 1. The molecule has 0 bridgehead atoms. The number of ether oxygens (including phenoxy) is 3. The molecular weight excluding hydrogens is 466 g/mol. The first kappa shape index (κ1) is 23.9. The third-order valence-electron chi connectivity index (χ3n) is 4.95. The van der Waals surface area contributed by atoms with E-state index in [9.17, 15) is 18.9 Å². The number of anilines is 1. The number of carbonyl (C=O) groups is 1. The Kier molecular flexibility index (Phi) is 6.64. The van der Waals surface area contributed by atoms with Crippen LogP contribution in [0, 0.1) is 6.08 Å². The maximum Gasteiger partial charge on any atom is 0.408 e. The maximum atomic E-state index is 13.7. The number of rotatable bonds is 5. The average molecular weight is 490 g/mol. The number of hydrogen-bond acceptors (Lipinski definition) is 12. The van der Waals surface area contributed by atoms with E-state index in [1.165, 1.54) is 17.8 Å². The van der Waals surface area contributed by atoms with Gasteiger partial charge in [-0.1, -0.05) is 0 Å². The minimum atomic E-state index is -3.98. The third kappa shape index (κ3) is 4.84. The van der Waals surface area contributed by atoms with Crippen molar-refractivity contribution in [3.05, 3.63) is 12.4 Å². The number of carbonyl (C=O) groups excluding carboxylic acids is 1. The normalized spacial score (nSPS) is 31.2. The van der Waals surface area contributed by atoms with E-state index in [1.807, 2.05) is 0 Å². The Morgan fingerprint density at radius 2 is 2.15 bits per heavy atom. The van der Waals surface area contributed by atoms with Crippen molar-refractivity contribution in [2.45, 2.75) is 57.5 Å². The van der Waals surface area contributed by atoms with Gasteiger partial charge in [-0.15, -0.1) is 0 Å². The summed E-state index contributed by atoms with van der Waals surface area (Å²) in [5.74, 6) is -0.804. The Hall–Kier alpha value is -2.26. The second kappa shape index (κ2) is 9.18. The molecule has 6 atom stereocenters. The summed E-state index contributed by atoms with van der Waals surface area (Å²) in [5.41, 5.74) is 5.82. The van der Waals surface area contributed by atoms with Gasteiger partial charge in [-0.25, -0.2) is 14.6 Å². The van der Waals surface area contributed by atoms with Crippen molar-refractivity contribution in [2.75, 3.05) is 19.1 Å². The predicted octanol–water partition coefficient (Wildman–Crippen LogP) is 0.233. The van der Waals surface area contributed by atoms with Crippen molar-refractivity contribution in [2.24, 2.45) is 0 Å². The fourth-order valence-corrected chi connectivity index (χ4v) is 4.82. The molecule has 2 fully saturated rings. The molecule has 2 aromatic heterocycles. The second-order valence-corrected chi connectivity index (χ2v) is 9.54. The molecule has 182 valence electrons. The highest BCUT2D eigenvalue weighted by Gasteiger charge is 2.49. The van der Waals surface area contributed by atoms with Gasteiger partial charge >= 0.3 is 19.8 Å². The van der Waals surface area contributed by atoms with E-state index in [1.54, 1.807) is 13.8 Å². The number of hydrogen-bond donors (Lipinski definition) is 3. The van der Waals surface area contributed by atoms with E-state index in [-0.39, 0.29) is 29.7 Å². The van der Waals surface area contributed by atoms with Crippen LogP contribution in [0.2, 0.25) is 0 Å². The first-order chi connectivity index (χ1) is 15.6. The van der Waals surface area contributed by atoms with Gasteiger partial charge in [0.15, 0.2) is 30.0 Å². The first-order valence-electron chi connectivity index (χ1n) is 10.1. The molecule has 0 aliphatic carbocycles. The highest BCUT2D eigenvalue weighted by molar-refractivity contribution is 7.51. The van der Waals surface area contributed by atoms with E-state index in [4.69, 9.17) is 29.0 Å². The number of nitrogens with one attached hydrogen (secondary N) is 1. The summed E-state index contributed by atoms with van der Waals surface area (Å²) in [7, 11) is -3.98. The van der Waals surface area contributed by atoms with Crippen LogP contribution in [0.3, 0.4) is 0 Å². The molecule has 2 unspecified atom stereocenters. The standard InChI is InChI=1S/C17H24FN6O8P/c1-7(2)31-16(26)8(3)23-33(27)29-4-9-12(28-6-30-33)11(25)15(32-9)24-5-20-10-13(19)21-17(18)22-14(10)24/h5,7-9,11-12,15,25H,4,6H2,1-3H3,(H,23,27)(H2,19,21,22)/t8-,9+,11+,12?,15+,33?/m0/s1. The zero-order chi connectivity index (χ0) is 23.9. The van der Waals surface area contributed by atoms with Gasteiger partial charge in [0, 0.05) is 0 Å². The molecule has 4 heterocycles. The van der Waals surface area contributed by atoms with Crippen LogP contribution >= 0.6 is 7.75 Å². The van der Waals surface area contributed by atoms with Crippen molar-refractivity contribution >= 4 is 30.7 Å². The number of fused-ring (bicyclic) bond motifs is 2. The van der Waals surface area contributed by atoms with Gasteiger partial charge in [0.25, 0.3) is 0 Å². The van der Waals surface area contributed by atoms with Crippen LogP contribution in [0.15, 0.2) is 6.33 Å². The quantitative estimate of drug-likeness (QED) is 0.294. The van der Waals surface area contributed by atoms with Gasteiger partial charge in [0.1, 0.15) is 24.4 Å². The van der Waals surface area contributed by atoms with Crippen molar-refractivity contribution < 1.29 is 42.1 Å². The number of aliphatic hydroxyl groups is 1. The van der Waals surface area contributed by atoms with E-state index in [2.05, 4.69) is 20.0 Å². The summed E-state index contributed by atoms with van der Waals surface area (Å²) < 4.78 is 55.0. The Bertz CT molecular complexity index is 1090. The molecule has 0 amide bonds. The topological polar surface area (TPSA) is 182 Å². The Morgan fingerprint density at radius 3 is 2.88 bits per heavy atom. The summed E-state index contributed by atoms with van der Waals surface area (Å²) in [6.45, 7) is 3.97. The fourth-order valence-electron chi connectivity index (χ4n) is 3.47. The minimum Gasteiger partial charge on any atom is -0.462 e. The Balaban J connectivity index is 1.49. The number of aliphatic hydroxyl groups excluding tert-OH is 1. The Labute approximate surface area is 187 Å². The van der Waals surface area contributed by atoms with E-state index in [0.717, 1.165) is 0 Å². The van der Waals surface area contributed by atoms with Crippen molar-refractivity contribution in [1.29, 1.82) is 0 Å². The smallest absolute Gasteiger partial charge is 0.408 e. The summed E-state index contributed by atoms with van der Waals surface area (Å²) in [4.78, 5) is 23.2. The molecule has 2 saturated heterocycles. The van der Waals surface area contributed by atoms with Gasteiger partial charge in [0.2, 0.25) is 0 Å². The highest BCUT2D eigenvalue weighted by Crippen LogP contribution is 2.47. The zero-order valence-electron chi connectivity index (χ0n) is 18.0. The fraction of sp³-hybridized carbons (Fsp3) is 0.647. The number of halogens is 1. The number of nitrogens with zero attached hydrogens (tertiary/aromatic N) is 4. The molecule has 4 N–H and O–H groups in total. The van der Waals surface area contributed by atoms with Crippen molar-refractivity contribution in [1.82, 2.24) is 24.6 Å². The van der Waals surface area contributed by atoms with Crippen LogP contribution < -0.4 is 10.8 Å². The molecule has 33 heavy (non-hydrogen) atoms. The van der Waals surface area contributed by atoms with Gasteiger partial charge in [-0.05, 0) is 20.8 Å². The number of aromatic nitrogens is 4. The molecule has 2 aliphatic heterocycles. The lowest BCUT2D eigenvalue weighted by molar-refractivity contribution is -0.149. The van der Waals surface area contributed by atoms with E-state index >= 15 is 0 Å². The largest absolute Gasteiger partial charge is 0.462 e. The predicted molar refractivity (Wildman–Crippen MR) is 108 cm³/mol. The molecule has 0 saturated carbocycles. The molecular formula is C17H24FN6O8P. The maximum absolute atomic E-state index is 13.7. The second-order valence-electron chi connectivity index (χ2n) is 7.77. The third-order valence-corrected chi connectivity index (χ3v) is 6.59. The van der Waals surface area contributed by atoms with Crippen LogP contribution in [0.1, 0.15) is 27.0 Å². The molecule has 14 nitrogen and oxygen atoms in total. The molecule has 0 radical (unpaired) electrons. The zero-order valence-corrected chi connectivity index (χ0v) is 18.8. The van der Waals surface area contributed by atoms with Crippen LogP contribution in [0.5, 0.6) is 0 Å². The highest BCUT2D eigenvalue weighted by atomic mass is 31.2. The summed E-state index contributed by atoms with van der Waals surface area (Å²) in [6, 6.07) is -0.992. The van der Waals surface area contributed by atoms with Gasteiger partial charge in [-0.3, -0.25) is 18.4 Å². The number of imidazole rings is 1. The van der Waals surface area contributed by atoms with Gasteiger partial charge < -0.3 is 25.1 Å². The molecule has 0 aromatic carbocycles. The SMILES string of the molecule is CC(C)OC(=O)[C@H](C)NP1(=O)OCOC2[C@@H](O)[C@H](n3cnc4c(N)nc(F)nc43)O[C@@H]2CO1. The molecule has 2 aromatic rings. The molecule has 4 rings (SSSR count). The molecule has 0 spiro atoms. The lowest BCUT2D eigenvalue weighted by Crippen LogP contribution is -2.41. The summed E-state index contributed by atoms with van der Waals surface area (Å²) in [5, 5.41) is 13.3. The van der Waals surface area contributed by atoms with Crippen molar-refractivity contribution in [3.8, 4) is 0 Å². The molecule has 2 aliphatic rings. The summed E-state index contributed by atoms with van der Waals surface area (Å²) >= 11 is 0. The van der Waals surface area contributed by atoms with E-state index < -0.39 is 57.2 Å². The molecule has 16 heteroatoms.